The van der Waals surface area contributed by atoms with Crippen LogP contribution in [0.2, 0.25) is 0 Å². The van der Waals surface area contributed by atoms with Crippen molar-refractivity contribution in [2.45, 2.75) is 19.1 Å². The Morgan fingerprint density at radius 1 is 1.19 bits per heavy atom. The van der Waals surface area contributed by atoms with Crippen LogP contribution in [-0.4, -0.2) is 50.0 Å². The Labute approximate surface area is 154 Å². The van der Waals surface area contributed by atoms with Crippen molar-refractivity contribution in [3.63, 3.8) is 0 Å². The molecule has 1 N–H and O–H groups in total. The first-order valence-corrected chi connectivity index (χ1v) is 8.77. The summed E-state index contributed by atoms with van der Waals surface area (Å²) in [6, 6.07) is 7.49. The minimum absolute atomic E-state index is 0.243. The number of nitrogens with zero attached hydrogens (tertiary/aromatic N) is 7. The van der Waals surface area contributed by atoms with Gasteiger partial charge in [0, 0.05) is 24.5 Å². The molecule has 0 radical (unpaired) electrons. The molecule has 136 valence electrons. The van der Waals surface area contributed by atoms with Gasteiger partial charge < -0.3 is 9.80 Å². The molecule has 2 aliphatic heterocycles. The second kappa shape index (κ2) is 6.11. The lowest BCUT2D eigenvalue weighted by Gasteiger charge is -2.16. The lowest BCUT2D eigenvalue weighted by Crippen LogP contribution is -2.27. The van der Waals surface area contributed by atoms with Gasteiger partial charge >= 0.3 is 0 Å². The fraction of sp³-hybridized carbons (Fsp3) is 0.278. The molecule has 0 spiro atoms. The first-order chi connectivity index (χ1) is 13.2. The van der Waals surface area contributed by atoms with E-state index in [1.165, 1.54) is 4.68 Å². The fourth-order valence-electron chi connectivity index (χ4n) is 3.43. The SMILES string of the molecule is N=C1N(c2cccnc2)Cc2nc(-c3ccc(N4CCC(F)C4)nc3)nn21. The Hall–Kier alpha value is -3.36. The van der Waals surface area contributed by atoms with Gasteiger partial charge in [0.25, 0.3) is 0 Å². The molecule has 5 rings (SSSR count). The Bertz CT molecular complexity index is 984. The third kappa shape index (κ3) is 2.71. The van der Waals surface area contributed by atoms with Crippen LogP contribution in [0.3, 0.4) is 0 Å². The molecule has 1 atom stereocenters. The van der Waals surface area contributed by atoms with Gasteiger partial charge in [-0.25, -0.2) is 14.4 Å². The highest BCUT2D eigenvalue weighted by Crippen LogP contribution is 2.26. The zero-order valence-corrected chi connectivity index (χ0v) is 14.5. The van der Waals surface area contributed by atoms with Gasteiger partial charge in [-0.15, -0.1) is 5.10 Å². The van der Waals surface area contributed by atoms with Crippen LogP contribution in [0.25, 0.3) is 11.4 Å². The molecule has 2 aliphatic rings. The predicted octanol–water partition coefficient (Wildman–Crippen LogP) is 2.09. The summed E-state index contributed by atoms with van der Waals surface area (Å²) in [6.07, 6.45) is 4.89. The van der Waals surface area contributed by atoms with Gasteiger partial charge in [0.05, 0.1) is 25.0 Å². The van der Waals surface area contributed by atoms with Gasteiger partial charge in [0.15, 0.2) is 11.6 Å². The second-order valence-corrected chi connectivity index (χ2v) is 6.62. The second-order valence-electron chi connectivity index (χ2n) is 6.62. The average Bonchev–Trinajstić information content (AvgIpc) is 3.39. The number of halogens is 1. The molecule has 0 bridgehead atoms. The quantitative estimate of drug-likeness (QED) is 0.766. The van der Waals surface area contributed by atoms with Crippen molar-refractivity contribution in [1.29, 1.82) is 5.41 Å². The Morgan fingerprint density at radius 3 is 2.78 bits per heavy atom. The lowest BCUT2D eigenvalue weighted by atomic mass is 10.2. The van der Waals surface area contributed by atoms with Gasteiger partial charge in [-0.3, -0.25) is 10.4 Å². The highest BCUT2D eigenvalue weighted by atomic mass is 19.1. The standard InChI is InChI=1S/C18H17FN8/c19-13-5-7-25(10-13)15-4-3-12(8-22-15)17-23-16-11-26(18(20)27(16)24-17)14-2-1-6-21-9-14/h1-4,6,8-9,13,20H,5,7,10-11H2. The largest absolute Gasteiger partial charge is 0.354 e. The molecule has 1 fully saturated rings. The molecule has 0 aromatic carbocycles. The molecule has 3 aromatic rings. The smallest absolute Gasteiger partial charge is 0.225 e. The van der Waals surface area contributed by atoms with Crippen molar-refractivity contribution in [3.8, 4) is 11.4 Å². The van der Waals surface area contributed by atoms with E-state index >= 15 is 0 Å². The van der Waals surface area contributed by atoms with Crippen LogP contribution in [0.15, 0.2) is 42.9 Å². The van der Waals surface area contributed by atoms with Crippen LogP contribution >= 0.6 is 0 Å². The van der Waals surface area contributed by atoms with E-state index in [4.69, 9.17) is 5.41 Å². The summed E-state index contributed by atoms with van der Waals surface area (Å²) in [5.41, 5.74) is 1.61. The average molecular weight is 364 g/mol. The zero-order chi connectivity index (χ0) is 18.4. The monoisotopic (exact) mass is 364 g/mol. The van der Waals surface area contributed by atoms with E-state index in [0.29, 0.717) is 37.7 Å². The molecule has 9 heteroatoms. The first-order valence-electron chi connectivity index (χ1n) is 8.77. The maximum atomic E-state index is 13.4. The number of nitrogens with one attached hydrogen (secondary N) is 1. The Balaban J connectivity index is 1.37. The van der Waals surface area contributed by atoms with Crippen LogP contribution in [0.1, 0.15) is 12.2 Å². The summed E-state index contributed by atoms with van der Waals surface area (Å²) < 4.78 is 14.9. The van der Waals surface area contributed by atoms with Crippen molar-refractivity contribution in [2.24, 2.45) is 0 Å². The lowest BCUT2D eigenvalue weighted by molar-refractivity contribution is 0.364. The third-order valence-corrected chi connectivity index (χ3v) is 4.85. The Morgan fingerprint density at radius 2 is 2.11 bits per heavy atom. The molecular formula is C18H17FN8. The normalized spacial score (nSPS) is 19.0. The molecule has 0 aliphatic carbocycles. The number of rotatable bonds is 3. The number of hydrogen-bond donors (Lipinski definition) is 1. The molecular weight excluding hydrogens is 347 g/mol. The molecule has 3 aromatic heterocycles. The molecule has 0 saturated carbocycles. The van der Waals surface area contributed by atoms with Crippen molar-refractivity contribution < 1.29 is 4.39 Å². The van der Waals surface area contributed by atoms with Gasteiger partial charge in [0.1, 0.15) is 12.0 Å². The summed E-state index contributed by atoms with van der Waals surface area (Å²) in [5.74, 6) is 2.24. The van der Waals surface area contributed by atoms with Gasteiger partial charge in [-0.1, -0.05) is 0 Å². The van der Waals surface area contributed by atoms with Crippen LogP contribution < -0.4 is 9.80 Å². The number of aromatic nitrogens is 5. The van der Waals surface area contributed by atoms with Crippen molar-refractivity contribution in [2.75, 3.05) is 22.9 Å². The van der Waals surface area contributed by atoms with Crippen molar-refractivity contribution in [3.05, 3.63) is 48.7 Å². The summed E-state index contributed by atoms with van der Waals surface area (Å²) >= 11 is 0. The number of alkyl halides is 1. The zero-order valence-electron chi connectivity index (χ0n) is 14.5. The number of fused-ring (bicyclic) bond motifs is 1. The van der Waals surface area contributed by atoms with E-state index in [-0.39, 0.29) is 5.96 Å². The number of pyridine rings is 2. The van der Waals surface area contributed by atoms with E-state index < -0.39 is 6.17 Å². The van der Waals surface area contributed by atoms with E-state index in [1.54, 1.807) is 23.5 Å². The molecule has 1 saturated heterocycles. The third-order valence-electron chi connectivity index (χ3n) is 4.85. The molecule has 1 unspecified atom stereocenters. The van der Waals surface area contributed by atoms with Gasteiger partial charge in [-0.05, 0) is 30.7 Å². The van der Waals surface area contributed by atoms with E-state index in [0.717, 1.165) is 17.1 Å². The molecule has 27 heavy (non-hydrogen) atoms. The first kappa shape index (κ1) is 15.9. The van der Waals surface area contributed by atoms with E-state index in [1.807, 2.05) is 29.2 Å². The fourth-order valence-corrected chi connectivity index (χ4v) is 3.43. The predicted molar refractivity (Wildman–Crippen MR) is 98.5 cm³/mol. The summed E-state index contributed by atoms with van der Waals surface area (Å²) in [5, 5.41) is 12.8. The Kier molecular flexibility index (Phi) is 3.59. The maximum Gasteiger partial charge on any atom is 0.225 e. The maximum absolute atomic E-state index is 13.4. The summed E-state index contributed by atoms with van der Waals surface area (Å²) in [7, 11) is 0. The molecule has 8 nitrogen and oxygen atoms in total. The molecule has 5 heterocycles. The van der Waals surface area contributed by atoms with E-state index in [2.05, 4.69) is 20.1 Å². The number of hydrogen-bond acceptors (Lipinski definition) is 6. The van der Waals surface area contributed by atoms with Crippen LogP contribution in [0.5, 0.6) is 0 Å². The van der Waals surface area contributed by atoms with E-state index in [9.17, 15) is 4.39 Å². The minimum Gasteiger partial charge on any atom is -0.354 e. The molecule has 0 amide bonds. The summed E-state index contributed by atoms with van der Waals surface area (Å²) in [6.45, 7) is 1.55. The van der Waals surface area contributed by atoms with Crippen LogP contribution in [0.4, 0.5) is 15.9 Å². The van der Waals surface area contributed by atoms with Gasteiger partial charge in [-0.2, -0.15) is 4.68 Å². The topological polar surface area (TPSA) is 86.8 Å². The summed E-state index contributed by atoms with van der Waals surface area (Å²) in [4.78, 5) is 16.8. The van der Waals surface area contributed by atoms with Crippen molar-refractivity contribution >= 4 is 17.5 Å². The van der Waals surface area contributed by atoms with Crippen LogP contribution in [0, 0.1) is 5.41 Å². The highest BCUT2D eigenvalue weighted by molar-refractivity contribution is 5.97. The minimum atomic E-state index is -0.780. The number of anilines is 2. The van der Waals surface area contributed by atoms with Crippen molar-refractivity contribution in [1.82, 2.24) is 24.7 Å². The van der Waals surface area contributed by atoms with Gasteiger partial charge in [0.2, 0.25) is 5.96 Å². The van der Waals surface area contributed by atoms with Crippen LogP contribution in [-0.2, 0) is 6.54 Å². The highest BCUT2D eigenvalue weighted by Gasteiger charge is 2.29.